The van der Waals surface area contributed by atoms with Crippen LogP contribution in [0.3, 0.4) is 0 Å². The quantitative estimate of drug-likeness (QED) is 0.484. The minimum absolute atomic E-state index is 0.0733. The number of carbonyl (C=O) groups excluding carboxylic acids is 4. The van der Waals surface area contributed by atoms with Gasteiger partial charge >= 0.3 is 17.9 Å². The van der Waals surface area contributed by atoms with E-state index >= 15 is 0 Å². The number of hydrogen-bond donors (Lipinski definition) is 2. The van der Waals surface area contributed by atoms with Crippen LogP contribution in [0.4, 0.5) is 0 Å². The van der Waals surface area contributed by atoms with Gasteiger partial charge in [-0.15, -0.1) is 0 Å². The van der Waals surface area contributed by atoms with Crippen LogP contribution in [0, 0.1) is 5.92 Å². The third kappa shape index (κ3) is 5.32. The molecule has 0 aromatic heterocycles. The van der Waals surface area contributed by atoms with E-state index < -0.39 is 36.3 Å². The first-order chi connectivity index (χ1) is 12.7. The molecule has 1 aliphatic rings. The summed E-state index contributed by atoms with van der Waals surface area (Å²) in [4.78, 5) is 49.0. The monoisotopic (exact) mass is 382 g/mol. The first-order valence-corrected chi connectivity index (χ1v) is 8.49. The summed E-state index contributed by atoms with van der Waals surface area (Å²) in [5.74, 6) is -4.34. The lowest BCUT2D eigenvalue weighted by molar-refractivity contribution is -0.153. The fourth-order valence-corrected chi connectivity index (χ4v) is 2.63. The lowest BCUT2D eigenvalue weighted by Crippen LogP contribution is -2.40. The summed E-state index contributed by atoms with van der Waals surface area (Å²) in [7, 11) is 2.32. The molecule has 150 valence electrons. The van der Waals surface area contributed by atoms with E-state index in [1.807, 2.05) is 13.8 Å². The average molecular weight is 382 g/mol. The van der Waals surface area contributed by atoms with E-state index in [1.54, 1.807) is 13.8 Å². The number of dihydropyridines is 1. The Labute approximate surface area is 158 Å². The summed E-state index contributed by atoms with van der Waals surface area (Å²) in [6.07, 6.45) is 0.719. The van der Waals surface area contributed by atoms with Crippen LogP contribution in [0.2, 0.25) is 0 Å². The van der Waals surface area contributed by atoms with E-state index in [0.717, 1.165) is 20.6 Å². The van der Waals surface area contributed by atoms with Crippen molar-refractivity contribution in [1.29, 1.82) is 0 Å². The molecule has 1 heterocycles. The van der Waals surface area contributed by atoms with Crippen LogP contribution in [0.5, 0.6) is 0 Å². The molecule has 0 unspecified atom stereocenters. The van der Waals surface area contributed by atoms with Gasteiger partial charge < -0.3 is 24.8 Å². The molecular weight excluding hydrogens is 356 g/mol. The molecule has 0 aromatic carbocycles. The van der Waals surface area contributed by atoms with Crippen molar-refractivity contribution in [3.8, 4) is 0 Å². The first-order valence-electron chi connectivity index (χ1n) is 8.49. The zero-order valence-electron chi connectivity index (χ0n) is 16.4. The van der Waals surface area contributed by atoms with Gasteiger partial charge in [0.05, 0.1) is 25.4 Å². The molecule has 0 aliphatic carbocycles. The third-order valence-electron chi connectivity index (χ3n) is 4.17. The SMILES string of the molecule is CC[C@@H](C)NC(=O)COC(=O)C1C(C(=O)OC)=C(C)NC(C)=C1C(=O)OC. The summed E-state index contributed by atoms with van der Waals surface area (Å²) in [5.41, 5.74) is 0.544. The van der Waals surface area contributed by atoms with E-state index in [1.165, 1.54) is 0 Å². The molecule has 9 heteroatoms. The van der Waals surface area contributed by atoms with Gasteiger partial charge in [0.2, 0.25) is 0 Å². The van der Waals surface area contributed by atoms with Crippen LogP contribution in [-0.4, -0.2) is 50.7 Å². The standard InChI is InChI=1S/C18H26N2O7/c1-7-9(2)19-12(21)8-27-18(24)15-13(16(22)25-5)10(3)20-11(4)14(15)17(23)26-6/h9,15,20H,7-8H2,1-6H3,(H,19,21)/t9-/m1/s1. The van der Waals surface area contributed by atoms with Crippen molar-refractivity contribution < 1.29 is 33.4 Å². The van der Waals surface area contributed by atoms with E-state index in [2.05, 4.69) is 10.6 Å². The normalized spacial score (nSPS) is 15.6. The number of allylic oxidation sites excluding steroid dienone is 2. The highest BCUT2D eigenvalue weighted by Crippen LogP contribution is 2.32. The highest BCUT2D eigenvalue weighted by atomic mass is 16.5. The van der Waals surface area contributed by atoms with Crippen molar-refractivity contribution in [2.24, 2.45) is 5.92 Å². The molecule has 9 nitrogen and oxygen atoms in total. The fourth-order valence-electron chi connectivity index (χ4n) is 2.63. The van der Waals surface area contributed by atoms with Crippen LogP contribution < -0.4 is 10.6 Å². The van der Waals surface area contributed by atoms with Gasteiger partial charge in [0.15, 0.2) is 6.61 Å². The molecule has 1 amide bonds. The Balaban J connectivity index is 3.14. The van der Waals surface area contributed by atoms with Crippen molar-refractivity contribution >= 4 is 23.8 Å². The zero-order valence-corrected chi connectivity index (χ0v) is 16.4. The number of ether oxygens (including phenoxy) is 3. The van der Waals surface area contributed by atoms with Crippen LogP contribution in [0.15, 0.2) is 22.5 Å². The maximum absolute atomic E-state index is 12.7. The molecule has 0 saturated carbocycles. The van der Waals surface area contributed by atoms with Gasteiger partial charge in [0.25, 0.3) is 5.91 Å². The maximum atomic E-state index is 12.7. The van der Waals surface area contributed by atoms with Crippen molar-refractivity contribution in [3.63, 3.8) is 0 Å². The van der Waals surface area contributed by atoms with Gasteiger partial charge in [-0.1, -0.05) is 6.92 Å². The number of methoxy groups -OCH3 is 2. The van der Waals surface area contributed by atoms with Crippen molar-refractivity contribution in [1.82, 2.24) is 10.6 Å². The fraction of sp³-hybridized carbons (Fsp3) is 0.556. The van der Waals surface area contributed by atoms with Crippen LogP contribution >= 0.6 is 0 Å². The Morgan fingerprint density at radius 1 is 1.04 bits per heavy atom. The molecule has 27 heavy (non-hydrogen) atoms. The second kappa shape index (κ2) is 9.75. The topological polar surface area (TPSA) is 120 Å². The summed E-state index contributed by atoms with van der Waals surface area (Å²) in [5, 5.41) is 5.52. The lowest BCUT2D eigenvalue weighted by atomic mass is 9.85. The van der Waals surface area contributed by atoms with Crippen LogP contribution in [-0.2, 0) is 33.4 Å². The molecule has 1 aliphatic heterocycles. The van der Waals surface area contributed by atoms with Gasteiger partial charge in [-0.25, -0.2) is 9.59 Å². The van der Waals surface area contributed by atoms with E-state index in [-0.39, 0.29) is 17.2 Å². The molecule has 0 radical (unpaired) electrons. The van der Waals surface area contributed by atoms with E-state index in [0.29, 0.717) is 11.4 Å². The molecular formula is C18H26N2O7. The molecule has 1 atom stereocenters. The third-order valence-corrected chi connectivity index (χ3v) is 4.17. The van der Waals surface area contributed by atoms with Gasteiger partial charge in [-0.3, -0.25) is 9.59 Å². The molecule has 0 spiro atoms. The van der Waals surface area contributed by atoms with E-state index in [9.17, 15) is 19.2 Å². The Bertz CT molecular complexity index is 656. The predicted molar refractivity (Wildman–Crippen MR) is 94.9 cm³/mol. The number of amides is 1. The number of carbonyl (C=O) groups is 4. The second-order valence-electron chi connectivity index (χ2n) is 6.10. The Hall–Kier alpha value is -2.84. The van der Waals surface area contributed by atoms with Crippen LogP contribution in [0.25, 0.3) is 0 Å². The highest BCUT2D eigenvalue weighted by Gasteiger charge is 2.42. The molecule has 0 aromatic rings. The van der Waals surface area contributed by atoms with Gasteiger partial charge in [-0.05, 0) is 27.2 Å². The first kappa shape index (κ1) is 22.2. The van der Waals surface area contributed by atoms with E-state index in [4.69, 9.17) is 14.2 Å². The summed E-state index contributed by atoms with van der Waals surface area (Å²) in [6, 6.07) is -0.0735. The molecule has 0 bridgehead atoms. The number of hydrogen-bond acceptors (Lipinski definition) is 8. The summed E-state index contributed by atoms with van der Waals surface area (Å²) >= 11 is 0. The molecule has 1 rings (SSSR count). The number of esters is 3. The highest BCUT2D eigenvalue weighted by molar-refractivity contribution is 6.05. The largest absolute Gasteiger partial charge is 0.466 e. The van der Waals surface area contributed by atoms with Crippen molar-refractivity contribution in [2.45, 2.75) is 40.2 Å². The zero-order chi connectivity index (χ0) is 20.7. The number of rotatable bonds is 7. The maximum Gasteiger partial charge on any atom is 0.336 e. The van der Waals surface area contributed by atoms with Gasteiger partial charge in [0, 0.05) is 17.4 Å². The smallest absolute Gasteiger partial charge is 0.336 e. The minimum Gasteiger partial charge on any atom is -0.466 e. The van der Waals surface area contributed by atoms with Crippen LogP contribution in [0.1, 0.15) is 34.1 Å². The van der Waals surface area contributed by atoms with Crippen molar-refractivity contribution in [2.75, 3.05) is 20.8 Å². The number of nitrogens with one attached hydrogen (secondary N) is 2. The Kier molecular flexibility index (Phi) is 8.01. The van der Waals surface area contributed by atoms with Crippen molar-refractivity contribution in [3.05, 3.63) is 22.5 Å². The Morgan fingerprint density at radius 2 is 1.52 bits per heavy atom. The molecule has 0 saturated heterocycles. The molecule has 2 N–H and O–H groups in total. The average Bonchev–Trinajstić information content (AvgIpc) is 2.64. The predicted octanol–water partition coefficient (Wildman–Crippen LogP) is 0.558. The lowest BCUT2D eigenvalue weighted by Gasteiger charge is -2.28. The Morgan fingerprint density at radius 3 is 1.93 bits per heavy atom. The summed E-state index contributed by atoms with van der Waals surface area (Å²) in [6.45, 7) is 6.32. The minimum atomic E-state index is -1.36. The second-order valence-corrected chi connectivity index (χ2v) is 6.10. The van der Waals surface area contributed by atoms with Gasteiger partial charge in [-0.2, -0.15) is 0 Å². The summed E-state index contributed by atoms with van der Waals surface area (Å²) < 4.78 is 14.5. The molecule has 0 fully saturated rings. The van der Waals surface area contributed by atoms with Gasteiger partial charge in [0.1, 0.15) is 5.92 Å².